The summed E-state index contributed by atoms with van der Waals surface area (Å²) in [5, 5.41) is 17.9. The predicted octanol–water partition coefficient (Wildman–Crippen LogP) is 1.48. The van der Waals surface area contributed by atoms with Crippen molar-refractivity contribution in [2.75, 3.05) is 26.9 Å². The molecule has 2 rings (SSSR count). The number of rotatable bonds is 4. The number of fused-ring (bicyclic) bond motifs is 1. The average Bonchev–Trinajstić information content (AvgIpc) is 2.53. The molecule has 22 heavy (non-hydrogen) atoms. The number of carbonyl (C=O) groups excluding carboxylic acids is 1. The summed E-state index contributed by atoms with van der Waals surface area (Å²) >= 11 is 0. The number of carbonyl (C=O) groups is 2. The van der Waals surface area contributed by atoms with Crippen molar-refractivity contribution < 1.29 is 24.2 Å². The Kier molecular flexibility index (Phi) is 5.61. The molecule has 1 saturated carbocycles. The summed E-state index contributed by atoms with van der Waals surface area (Å²) in [4.78, 5) is 24.6. The Morgan fingerprint density at radius 3 is 2.73 bits per heavy atom. The van der Waals surface area contributed by atoms with Gasteiger partial charge in [-0.25, -0.2) is 9.59 Å². The minimum Gasteiger partial charge on any atom is -0.480 e. The van der Waals surface area contributed by atoms with E-state index in [0.29, 0.717) is 31.4 Å². The van der Waals surface area contributed by atoms with Crippen LogP contribution in [-0.4, -0.2) is 55.0 Å². The first-order valence-corrected chi connectivity index (χ1v) is 7.58. The van der Waals surface area contributed by atoms with Crippen LogP contribution in [0.15, 0.2) is 0 Å². The largest absolute Gasteiger partial charge is 0.480 e. The summed E-state index contributed by atoms with van der Waals surface area (Å²) in [6, 6.07) is 1.14. The predicted molar refractivity (Wildman–Crippen MR) is 75.9 cm³/mol. The van der Waals surface area contributed by atoms with Crippen LogP contribution in [0, 0.1) is 29.1 Å². The third-order valence-electron chi connectivity index (χ3n) is 4.80. The van der Waals surface area contributed by atoms with Crippen LogP contribution in [0.2, 0.25) is 0 Å². The molecule has 122 valence electrons. The van der Waals surface area contributed by atoms with Crippen molar-refractivity contribution in [2.24, 2.45) is 17.8 Å². The molecule has 0 aromatic rings. The van der Waals surface area contributed by atoms with E-state index >= 15 is 0 Å². The van der Waals surface area contributed by atoms with Crippen LogP contribution >= 0.6 is 0 Å². The molecule has 1 aliphatic heterocycles. The summed E-state index contributed by atoms with van der Waals surface area (Å²) in [5.41, 5.74) is 0. The van der Waals surface area contributed by atoms with E-state index in [2.05, 4.69) is 0 Å². The molecule has 0 aromatic heterocycles. The molecule has 7 heteroatoms. The van der Waals surface area contributed by atoms with Crippen LogP contribution in [0.3, 0.4) is 0 Å². The maximum atomic E-state index is 11.8. The van der Waals surface area contributed by atoms with Crippen LogP contribution in [0.5, 0.6) is 0 Å². The topological polar surface area (TPSA) is 99.9 Å². The lowest BCUT2D eigenvalue weighted by Gasteiger charge is -2.45. The SMILES string of the molecule is COC(=O)N1CC2CCC(COCC#N)CC2CC1C(=O)O. The number of nitriles is 1. The number of carboxylic acids is 1. The molecule has 1 amide bonds. The van der Waals surface area contributed by atoms with Gasteiger partial charge in [-0.2, -0.15) is 5.26 Å². The molecule has 1 heterocycles. The Hall–Kier alpha value is -1.81. The quantitative estimate of drug-likeness (QED) is 0.790. The Labute approximate surface area is 129 Å². The lowest BCUT2D eigenvalue weighted by molar-refractivity contribution is -0.146. The molecule has 0 aromatic carbocycles. The maximum Gasteiger partial charge on any atom is 0.410 e. The molecule has 2 fully saturated rings. The van der Waals surface area contributed by atoms with Crippen LogP contribution in [-0.2, 0) is 14.3 Å². The van der Waals surface area contributed by atoms with Crippen LogP contribution in [0.4, 0.5) is 4.79 Å². The second-order valence-electron chi connectivity index (χ2n) is 6.08. The molecule has 2 aliphatic rings. The first kappa shape index (κ1) is 16.6. The normalized spacial score (nSPS) is 31.0. The molecule has 4 atom stereocenters. The van der Waals surface area contributed by atoms with Gasteiger partial charge in [0.25, 0.3) is 0 Å². The minimum absolute atomic E-state index is 0.0957. The van der Waals surface area contributed by atoms with E-state index in [4.69, 9.17) is 14.7 Å². The molecule has 0 spiro atoms. The Balaban J connectivity index is 1.98. The van der Waals surface area contributed by atoms with E-state index in [1.165, 1.54) is 12.0 Å². The van der Waals surface area contributed by atoms with Gasteiger partial charge in [0.1, 0.15) is 12.6 Å². The highest BCUT2D eigenvalue weighted by Gasteiger charge is 2.44. The number of hydrogen-bond acceptors (Lipinski definition) is 5. The maximum absolute atomic E-state index is 11.8. The first-order valence-electron chi connectivity index (χ1n) is 7.58. The van der Waals surface area contributed by atoms with Crippen molar-refractivity contribution >= 4 is 12.1 Å². The van der Waals surface area contributed by atoms with Crippen molar-refractivity contribution in [2.45, 2.75) is 31.7 Å². The lowest BCUT2D eigenvalue weighted by atomic mass is 9.69. The van der Waals surface area contributed by atoms with E-state index in [0.717, 1.165) is 19.3 Å². The molecule has 0 bridgehead atoms. The van der Waals surface area contributed by atoms with Gasteiger partial charge in [0.2, 0.25) is 0 Å². The number of hydrogen-bond donors (Lipinski definition) is 1. The molecule has 1 aliphatic carbocycles. The van der Waals surface area contributed by atoms with E-state index in [1.807, 2.05) is 6.07 Å². The Bertz CT molecular complexity index is 461. The summed E-state index contributed by atoms with van der Waals surface area (Å²) in [5.74, 6) is -0.00576. The van der Waals surface area contributed by atoms with E-state index in [-0.39, 0.29) is 12.5 Å². The van der Waals surface area contributed by atoms with Gasteiger partial charge in [0.05, 0.1) is 19.8 Å². The Morgan fingerprint density at radius 1 is 1.32 bits per heavy atom. The molecular formula is C15H22N2O5. The van der Waals surface area contributed by atoms with Gasteiger partial charge in [-0.05, 0) is 43.4 Å². The highest BCUT2D eigenvalue weighted by Crippen LogP contribution is 2.41. The highest BCUT2D eigenvalue weighted by molar-refractivity contribution is 5.80. The number of aliphatic carboxylic acids is 1. The van der Waals surface area contributed by atoms with Crippen molar-refractivity contribution in [3.05, 3.63) is 0 Å². The number of ether oxygens (including phenoxy) is 2. The van der Waals surface area contributed by atoms with Crippen molar-refractivity contribution in [1.29, 1.82) is 5.26 Å². The van der Waals surface area contributed by atoms with Gasteiger partial charge >= 0.3 is 12.1 Å². The zero-order valence-corrected chi connectivity index (χ0v) is 12.7. The second kappa shape index (κ2) is 7.45. The molecule has 7 nitrogen and oxygen atoms in total. The van der Waals surface area contributed by atoms with Gasteiger partial charge in [0.15, 0.2) is 0 Å². The van der Waals surface area contributed by atoms with Gasteiger partial charge in [-0.15, -0.1) is 0 Å². The van der Waals surface area contributed by atoms with Crippen LogP contribution in [0.25, 0.3) is 0 Å². The minimum atomic E-state index is -0.980. The number of methoxy groups -OCH3 is 1. The Morgan fingerprint density at radius 2 is 2.09 bits per heavy atom. The fourth-order valence-electron chi connectivity index (χ4n) is 3.72. The van der Waals surface area contributed by atoms with E-state index in [9.17, 15) is 14.7 Å². The zero-order chi connectivity index (χ0) is 16.1. The third-order valence-corrected chi connectivity index (χ3v) is 4.80. The third kappa shape index (κ3) is 3.69. The van der Waals surface area contributed by atoms with Crippen LogP contribution < -0.4 is 0 Å². The number of amides is 1. The summed E-state index contributed by atoms with van der Waals surface area (Å²) in [6.07, 6.45) is 2.73. The lowest BCUT2D eigenvalue weighted by Crippen LogP contribution is -2.54. The van der Waals surface area contributed by atoms with Gasteiger partial charge in [0, 0.05) is 6.54 Å². The standard InChI is InChI=1S/C15H22N2O5/c1-21-15(20)17-8-11-3-2-10(9-22-5-4-16)6-12(11)7-13(17)14(18)19/h10-13H,2-3,5-9H2,1H3,(H,18,19). The van der Waals surface area contributed by atoms with Crippen molar-refractivity contribution in [3.63, 3.8) is 0 Å². The van der Waals surface area contributed by atoms with Crippen LogP contribution in [0.1, 0.15) is 25.7 Å². The number of piperidine rings is 1. The molecule has 1 N–H and O–H groups in total. The van der Waals surface area contributed by atoms with Gasteiger partial charge < -0.3 is 14.6 Å². The molecule has 0 radical (unpaired) electrons. The van der Waals surface area contributed by atoms with Crippen molar-refractivity contribution in [3.8, 4) is 6.07 Å². The molecule has 1 saturated heterocycles. The zero-order valence-electron chi connectivity index (χ0n) is 12.7. The monoisotopic (exact) mass is 310 g/mol. The van der Waals surface area contributed by atoms with Crippen molar-refractivity contribution in [1.82, 2.24) is 4.90 Å². The summed E-state index contributed by atoms with van der Waals surface area (Å²) in [7, 11) is 1.27. The summed E-state index contributed by atoms with van der Waals surface area (Å²) < 4.78 is 10.0. The average molecular weight is 310 g/mol. The van der Waals surface area contributed by atoms with Gasteiger partial charge in [-0.1, -0.05) is 0 Å². The number of carboxylic acid groups (broad SMARTS) is 1. The molecular weight excluding hydrogens is 288 g/mol. The fraction of sp³-hybridized carbons (Fsp3) is 0.800. The highest BCUT2D eigenvalue weighted by atomic mass is 16.5. The van der Waals surface area contributed by atoms with Gasteiger partial charge in [-0.3, -0.25) is 4.90 Å². The van der Waals surface area contributed by atoms with E-state index in [1.54, 1.807) is 0 Å². The smallest absolute Gasteiger partial charge is 0.410 e. The number of likely N-dealkylation sites (tertiary alicyclic amines) is 1. The molecule has 4 unspecified atom stereocenters. The first-order chi connectivity index (χ1) is 10.6. The van der Waals surface area contributed by atoms with E-state index < -0.39 is 18.1 Å². The fourth-order valence-corrected chi connectivity index (χ4v) is 3.72. The summed E-state index contributed by atoms with van der Waals surface area (Å²) in [6.45, 7) is 1.09. The number of nitrogens with zero attached hydrogens (tertiary/aromatic N) is 2. The second-order valence-corrected chi connectivity index (χ2v) is 6.08.